The molecule has 1 aliphatic rings. The van der Waals surface area contributed by atoms with Crippen LogP contribution in [0.5, 0.6) is 0 Å². The average molecular weight is 339 g/mol. The highest BCUT2D eigenvalue weighted by molar-refractivity contribution is 5.02. The van der Waals surface area contributed by atoms with Crippen molar-refractivity contribution in [3.63, 3.8) is 0 Å². The van der Waals surface area contributed by atoms with Gasteiger partial charge in [0.2, 0.25) is 0 Å². The van der Waals surface area contributed by atoms with Crippen molar-refractivity contribution in [2.75, 3.05) is 19.8 Å². The molecule has 1 heterocycles. The Kier molecular flexibility index (Phi) is 13.1. The molecule has 24 heavy (non-hydrogen) atoms. The van der Waals surface area contributed by atoms with E-state index in [4.69, 9.17) is 14.6 Å². The minimum Gasteiger partial charge on any atom is -0.392 e. The van der Waals surface area contributed by atoms with Crippen molar-refractivity contribution in [3.8, 4) is 0 Å². The highest BCUT2D eigenvalue weighted by Crippen LogP contribution is 2.31. The van der Waals surface area contributed by atoms with Crippen LogP contribution in [0, 0.1) is 0 Å². The minimum atomic E-state index is -0.263. The van der Waals surface area contributed by atoms with Crippen LogP contribution in [0.1, 0.15) is 84.0 Å². The van der Waals surface area contributed by atoms with Crippen molar-refractivity contribution in [1.29, 1.82) is 0 Å². The number of hydrogen-bond donors (Lipinski definition) is 1. The van der Waals surface area contributed by atoms with Crippen molar-refractivity contribution in [3.05, 3.63) is 24.3 Å². The molecule has 0 aromatic carbocycles. The van der Waals surface area contributed by atoms with Gasteiger partial charge in [-0.15, -0.1) is 0 Å². The van der Waals surface area contributed by atoms with E-state index in [-0.39, 0.29) is 12.4 Å². The van der Waals surface area contributed by atoms with Gasteiger partial charge in [0.15, 0.2) is 5.79 Å². The maximum Gasteiger partial charge on any atom is 0.168 e. The molecular weight excluding hydrogens is 300 g/mol. The van der Waals surface area contributed by atoms with Crippen LogP contribution in [0.4, 0.5) is 0 Å². The summed E-state index contributed by atoms with van der Waals surface area (Å²) in [5.74, 6) is -0.263. The average Bonchev–Trinajstić information content (AvgIpc) is 3.05. The zero-order chi connectivity index (χ0) is 17.3. The Bertz CT molecular complexity index is 330. The van der Waals surface area contributed by atoms with Gasteiger partial charge in [-0.1, -0.05) is 69.8 Å². The van der Waals surface area contributed by atoms with Gasteiger partial charge in [-0.2, -0.15) is 0 Å². The molecule has 140 valence electrons. The standard InChI is InChI=1S/C21H38O3/c1-2-3-4-10-13-16-21(23-19-20-24-21)17-14-11-8-6-5-7-9-12-15-18-22/h7,9,12,15,22H,2-6,8,10-11,13-14,16-20H2,1H3/b9-7+,15-12+. The van der Waals surface area contributed by atoms with E-state index < -0.39 is 0 Å². The summed E-state index contributed by atoms with van der Waals surface area (Å²) in [5.41, 5.74) is 0. The molecule has 0 aromatic heterocycles. The molecule has 0 bridgehead atoms. The largest absolute Gasteiger partial charge is 0.392 e. The summed E-state index contributed by atoms with van der Waals surface area (Å²) in [7, 11) is 0. The van der Waals surface area contributed by atoms with Crippen molar-refractivity contribution in [1.82, 2.24) is 0 Å². The molecule has 0 unspecified atom stereocenters. The lowest BCUT2D eigenvalue weighted by atomic mass is 9.99. The molecule has 1 aliphatic heterocycles. The lowest BCUT2D eigenvalue weighted by Gasteiger charge is -2.27. The van der Waals surface area contributed by atoms with Gasteiger partial charge in [-0.05, 0) is 25.7 Å². The van der Waals surface area contributed by atoms with E-state index in [1.54, 1.807) is 6.08 Å². The highest BCUT2D eigenvalue weighted by atomic mass is 16.7. The molecule has 0 aromatic rings. The summed E-state index contributed by atoms with van der Waals surface area (Å²) in [6, 6.07) is 0. The fraction of sp³-hybridized carbons (Fsp3) is 0.810. The second-order valence-electron chi connectivity index (χ2n) is 6.76. The van der Waals surface area contributed by atoms with Crippen LogP contribution in [-0.2, 0) is 9.47 Å². The Morgan fingerprint density at radius 1 is 0.792 bits per heavy atom. The number of ether oxygens (including phenoxy) is 2. The fourth-order valence-corrected chi connectivity index (χ4v) is 3.23. The van der Waals surface area contributed by atoms with Gasteiger partial charge >= 0.3 is 0 Å². The number of allylic oxidation sites excluding steroid dienone is 3. The summed E-state index contributed by atoms with van der Waals surface area (Å²) >= 11 is 0. The zero-order valence-corrected chi connectivity index (χ0v) is 15.7. The van der Waals surface area contributed by atoms with E-state index in [0.717, 1.165) is 32.5 Å². The molecule has 3 nitrogen and oxygen atoms in total. The normalized spacial score (nSPS) is 17.4. The number of hydrogen-bond acceptors (Lipinski definition) is 3. The van der Waals surface area contributed by atoms with Gasteiger partial charge in [-0.25, -0.2) is 0 Å². The van der Waals surface area contributed by atoms with Gasteiger partial charge in [0.1, 0.15) is 0 Å². The molecule has 0 saturated carbocycles. The first-order valence-corrected chi connectivity index (χ1v) is 10.0. The predicted molar refractivity (Wildman–Crippen MR) is 101 cm³/mol. The van der Waals surface area contributed by atoms with E-state index in [1.807, 2.05) is 12.2 Å². The first-order chi connectivity index (χ1) is 11.8. The second-order valence-corrected chi connectivity index (χ2v) is 6.76. The molecule has 0 aliphatic carbocycles. The Balaban J connectivity index is 2.06. The summed E-state index contributed by atoms with van der Waals surface area (Å²) < 4.78 is 11.9. The Labute approximate surface area is 149 Å². The van der Waals surface area contributed by atoms with Gasteiger partial charge in [0.25, 0.3) is 0 Å². The number of unbranched alkanes of at least 4 members (excludes halogenated alkanes) is 8. The highest BCUT2D eigenvalue weighted by Gasteiger charge is 2.34. The number of aliphatic hydroxyl groups excluding tert-OH is 1. The van der Waals surface area contributed by atoms with Gasteiger partial charge in [0, 0.05) is 12.8 Å². The van der Waals surface area contributed by atoms with Crippen molar-refractivity contribution < 1.29 is 14.6 Å². The maximum absolute atomic E-state index is 8.63. The first-order valence-electron chi connectivity index (χ1n) is 10.0. The van der Waals surface area contributed by atoms with E-state index in [2.05, 4.69) is 13.0 Å². The Morgan fingerprint density at radius 3 is 2.00 bits per heavy atom. The van der Waals surface area contributed by atoms with Crippen LogP contribution in [0.15, 0.2) is 24.3 Å². The van der Waals surface area contributed by atoms with Crippen molar-refractivity contribution >= 4 is 0 Å². The smallest absolute Gasteiger partial charge is 0.168 e. The fourth-order valence-electron chi connectivity index (χ4n) is 3.23. The van der Waals surface area contributed by atoms with Crippen LogP contribution in [0.3, 0.4) is 0 Å². The predicted octanol–water partition coefficient (Wildman–Crippen LogP) is 5.54. The minimum absolute atomic E-state index is 0.120. The summed E-state index contributed by atoms with van der Waals surface area (Å²) in [6.07, 6.45) is 22.5. The second kappa shape index (κ2) is 14.7. The molecule has 0 atom stereocenters. The SMILES string of the molecule is CCCCCCCC1(CCCCCC/C=C/C=C/CO)OCCO1. The van der Waals surface area contributed by atoms with Crippen LogP contribution >= 0.6 is 0 Å². The van der Waals surface area contributed by atoms with Gasteiger partial charge < -0.3 is 14.6 Å². The third-order valence-corrected chi connectivity index (χ3v) is 4.64. The molecule has 1 rings (SSSR count). The van der Waals surface area contributed by atoms with E-state index in [1.165, 1.54) is 57.8 Å². The maximum atomic E-state index is 8.63. The third-order valence-electron chi connectivity index (χ3n) is 4.64. The molecule has 3 heteroatoms. The van der Waals surface area contributed by atoms with Crippen LogP contribution in [-0.4, -0.2) is 30.7 Å². The lowest BCUT2D eigenvalue weighted by molar-refractivity contribution is -0.168. The van der Waals surface area contributed by atoms with Crippen LogP contribution in [0.25, 0.3) is 0 Å². The quantitative estimate of drug-likeness (QED) is 0.315. The first kappa shape index (κ1) is 21.4. The molecular formula is C21H38O3. The van der Waals surface area contributed by atoms with Crippen molar-refractivity contribution in [2.24, 2.45) is 0 Å². The Hall–Kier alpha value is -0.640. The van der Waals surface area contributed by atoms with E-state index >= 15 is 0 Å². The number of aliphatic hydroxyl groups is 1. The summed E-state index contributed by atoms with van der Waals surface area (Å²) in [5, 5.41) is 8.63. The third kappa shape index (κ3) is 10.3. The molecule has 0 spiro atoms. The summed E-state index contributed by atoms with van der Waals surface area (Å²) in [4.78, 5) is 0. The molecule has 1 fully saturated rings. The molecule has 1 saturated heterocycles. The van der Waals surface area contributed by atoms with Crippen molar-refractivity contribution in [2.45, 2.75) is 89.8 Å². The topological polar surface area (TPSA) is 38.7 Å². The molecule has 0 amide bonds. The zero-order valence-electron chi connectivity index (χ0n) is 15.7. The molecule has 1 N–H and O–H groups in total. The van der Waals surface area contributed by atoms with Gasteiger partial charge in [0.05, 0.1) is 19.8 Å². The van der Waals surface area contributed by atoms with E-state index in [9.17, 15) is 0 Å². The van der Waals surface area contributed by atoms with Crippen LogP contribution < -0.4 is 0 Å². The van der Waals surface area contributed by atoms with E-state index in [0.29, 0.717) is 0 Å². The summed E-state index contributed by atoms with van der Waals surface area (Å²) in [6.45, 7) is 3.91. The van der Waals surface area contributed by atoms with Crippen LogP contribution in [0.2, 0.25) is 0 Å². The number of rotatable bonds is 15. The monoisotopic (exact) mass is 338 g/mol. The molecule has 0 radical (unpaired) electrons. The Morgan fingerprint density at radius 2 is 1.38 bits per heavy atom. The lowest BCUT2D eigenvalue weighted by Crippen LogP contribution is -2.30. The van der Waals surface area contributed by atoms with Gasteiger partial charge in [-0.3, -0.25) is 0 Å².